The molecule has 5 rings (SSSR count). The topological polar surface area (TPSA) is 75.1 Å². The lowest BCUT2D eigenvalue weighted by molar-refractivity contribution is 0.0945. The Labute approximate surface area is 181 Å². The lowest BCUT2D eigenvalue weighted by Crippen LogP contribution is -2.24. The molecule has 0 fully saturated rings. The molecule has 2 N–H and O–H groups in total. The van der Waals surface area contributed by atoms with E-state index in [4.69, 9.17) is 11.6 Å². The highest BCUT2D eigenvalue weighted by atomic mass is 35.5. The van der Waals surface area contributed by atoms with Gasteiger partial charge in [0.15, 0.2) is 4.96 Å². The SMILES string of the molecule is O=C(NCc1cn[nH]c1-c1ccccc1)c1csc2nc(-c3ccccc3Cl)cn12. The van der Waals surface area contributed by atoms with Gasteiger partial charge in [0, 0.05) is 29.2 Å². The van der Waals surface area contributed by atoms with Gasteiger partial charge in [-0.1, -0.05) is 60.1 Å². The molecule has 5 aromatic rings. The molecule has 0 saturated carbocycles. The second-order valence-corrected chi connectivity index (χ2v) is 7.94. The van der Waals surface area contributed by atoms with Gasteiger partial charge in [-0.15, -0.1) is 11.3 Å². The summed E-state index contributed by atoms with van der Waals surface area (Å²) in [6.07, 6.45) is 3.58. The van der Waals surface area contributed by atoms with Crippen LogP contribution >= 0.6 is 22.9 Å². The third-order valence-corrected chi connectivity index (χ3v) is 5.98. The summed E-state index contributed by atoms with van der Waals surface area (Å²) in [7, 11) is 0. The van der Waals surface area contributed by atoms with Gasteiger partial charge in [-0.2, -0.15) is 5.10 Å². The van der Waals surface area contributed by atoms with Gasteiger partial charge in [-0.25, -0.2) is 4.98 Å². The van der Waals surface area contributed by atoms with Crippen LogP contribution in [0.3, 0.4) is 0 Å². The predicted molar refractivity (Wildman–Crippen MR) is 119 cm³/mol. The number of thiazole rings is 1. The highest BCUT2D eigenvalue weighted by Crippen LogP contribution is 2.29. The Balaban J connectivity index is 1.38. The molecule has 0 aliphatic carbocycles. The third-order valence-electron chi connectivity index (χ3n) is 4.81. The average molecular weight is 434 g/mol. The fraction of sp³-hybridized carbons (Fsp3) is 0.0455. The number of fused-ring (bicyclic) bond motifs is 1. The van der Waals surface area contributed by atoms with Gasteiger partial charge in [0.05, 0.1) is 22.6 Å². The maximum Gasteiger partial charge on any atom is 0.269 e. The molecule has 0 saturated heterocycles. The number of carbonyl (C=O) groups excluding carboxylic acids is 1. The molecule has 3 aromatic heterocycles. The predicted octanol–water partition coefficient (Wildman–Crippen LogP) is 5.04. The van der Waals surface area contributed by atoms with Crippen LogP contribution in [0.15, 0.2) is 72.4 Å². The van der Waals surface area contributed by atoms with Crippen LogP contribution in [0, 0.1) is 0 Å². The molecule has 0 bridgehead atoms. The van der Waals surface area contributed by atoms with Gasteiger partial charge in [0.25, 0.3) is 5.91 Å². The number of rotatable bonds is 5. The number of nitrogens with one attached hydrogen (secondary N) is 2. The zero-order chi connectivity index (χ0) is 20.5. The number of amides is 1. The number of aromatic amines is 1. The molecule has 0 unspecified atom stereocenters. The van der Waals surface area contributed by atoms with Crippen LogP contribution in [0.1, 0.15) is 16.1 Å². The Morgan fingerprint density at radius 2 is 1.93 bits per heavy atom. The minimum absolute atomic E-state index is 0.176. The van der Waals surface area contributed by atoms with Gasteiger partial charge >= 0.3 is 0 Å². The monoisotopic (exact) mass is 433 g/mol. The molecular formula is C22H16ClN5OS. The van der Waals surface area contributed by atoms with Crippen LogP contribution in [0.2, 0.25) is 5.02 Å². The van der Waals surface area contributed by atoms with E-state index >= 15 is 0 Å². The minimum Gasteiger partial charge on any atom is -0.347 e. The second kappa shape index (κ2) is 7.78. The average Bonchev–Trinajstić information content (AvgIpc) is 3.48. The first kappa shape index (κ1) is 18.6. The summed E-state index contributed by atoms with van der Waals surface area (Å²) in [5.41, 5.74) is 4.95. The molecular weight excluding hydrogens is 418 g/mol. The van der Waals surface area contributed by atoms with Crippen molar-refractivity contribution in [1.29, 1.82) is 0 Å². The molecule has 0 radical (unpaired) electrons. The first-order valence-corrected chi connectivity index (χ1v) is 10.5. The highest BCUT2D eigenvalue weighted by molar-refractivity contribution is 7.15. The number of halogens is 1. The Hall–Kier alpha value is -3.42. The number of H-pyrrole nitrogens is 1. The summed E-state index contributed by atoms with van der Waals surface area (Å²) in [5.74, 6) is -0.176. The number of benzene rings is 2. The number of hydrogen-bond donors (Lipinski definition) is 2. The number of imidazole rings is 1. The molecule has 6 nitrogen and oxygen atoms in total. The van der Waals surface area contributed by atoms with Crippen molar-refractivity contribution >= 4 is 33.8 Å². The normalized spacial score (nSPS) is 11.1. The van der Waals surface area contributed by atoms with E-state index in [2.05, 4.69) is 20.5 Å². The van der Waals surface area contributed by atoms with Crippen molar-refractivity contribution in [3.05, 3.63) is 88.7 Å². The quantitative estimate of drug-likeness (QED) is 0.408. The minimum atomic E-state index is -0.176. The first-order valence-electron chi connectivity index (χ1n) is 9.28. The van der Waals surface area contributed by atoms with E-state index in [1.807, 2.05) is 66.2 Å². The van der Waals surface area contributed by atoms with E-state index in [-0.39, 0.29) is 5.91 Å². The summed E-state index contributed by atoms with van der Waals surface area (Å²) >= 11 is 7.71. The Kier molecular flexibility index (Phi) is 4.82. The van der Waals surface area contributed by atoms with E-state index in [1.165, 1.54) is 11.3 Å². The molecule has 0 aliphatic rings. The van der Waals surface area contributed by atoms with Gasteiger partial charge in [0.1, 0.15) is 5.69 Å². The summed E-state index contributed by atoms with van der Waals surface area (Å²) in [5, 5.41) is 12.6. The van der Waals surface area contributed by atoms with Crippen LogP contribution in [-0.4, -0.2) is 25.5 Å². The van der Waals surface area contributed by atoms with E-state index in [0.717, 1.165) is 33.0 Å². The standard InChI is InChI=1S/C22H16ClN5OS/c23-17-9-5-4-8-16(17)18-12-28-19(13-30-22(28)26-18)21(29)24-10-15-11-25-27-20(15)14-6-2-1-3-7-14/h1-9,11-13H,10H2,(H,24,29)(H,25,27). The molecule has 0 aliphatic heterocycles. The lowest BCUT2D eigenvalue weighted by atomic mass is 10.1. The second-order valence-electron chi connectivity index (χ2n) is 6.70. The molecule has 148 valence electrons. The maximum absolute atomic E-state index is 12.9. The zero-order valence-electron chi connectivity index (χ0n) is 15.7. The fourth-order valence-corrected chi connectivity index (χ4v) is 4.40. The van der Waals surface area contributed by atoms with Crippen molar-refractivity contribution in [2.75, 3.05) is 0 Å². The van der Waals surface area contributed by atoms with Crippen LogP contribution in [0.4, 0.5) is 0 Å². The van der Waals surface area contributed by atoms with Crippen LogP contribution in [-0.2, 0) is 6.54 Å². The number of aromatic nitrogens is 4. The van der Waals surface area contributed by atoms with E-state index in [0.29, 0.717) is 17.3 Å². The largest absolute Gasteiger partial charge is 0.347 e. The van der Waals surface area contributed by atoms with Gasteiger partial charge in [-0.3, -0.25) is 14.3 Å². The Morgan fingerprint density at radius 3 is 2.77 bits per heavy atom. The smallest absolute Gasteiger partial charge is 0.269 e. The van der Waals surface area contributed by atoms with Gasteiger partial charge < -0.3 is 5.32 Å². The lowest BCUT2D eigenvalue weighted by Gasteiger charge is -2.06. The first-order chi connectivity index (χ1) is 14.7. The van der Waals surface area contributed by atoms with Crippen molar-refractivity contribution in [3.63, 3.8) is 0 Å². The molecule has 0 atom stereocenters. The van der Waals surface area contributed by atoms with Crippen LogP contribution in [0.25, 0.3) is 27.5 Å². The number of carbonyl (C=O) groups is 1. The molecule has 0 spiro atoms. The van der Waals surface area contributed by atoms with Crippen molar-refractivity contribution in [3.8, 4) is 22.5 Å². The summed E-state index contributed by atoms with van der Waals surface area (Å²) in [4.78, 5) is 18.2. The number of hydrogen-bond acceptors (Lipinski definition) is 4. The van der Waals surface area contributed by atoms with Crippen molar-refractivity contribution in [1.82, 2.24) is 24.9 Å². The summed E-state index contributed by atoms with van der Waals surface area (Å²) < 4.78 is 1.80. The molecule has 2 aromatic carbocycles. The molecule has 1 amide bonds. The van der Waals surface area contributed by atoms with Crippen molar-refractivity contribution < 1.29 is 4.79 Å². The van der Waals surface area contributed by atoms with E-state index in [1.54, 1.807) is 10.6 Å². The maximum atomic E-state index is 12.9. The Morgan fingerprint density at radius 1 is 1.13 bits per heavy atom. The van der Waals surface area contributed by atoms with Gasteiger partial charge in [-0.05, 0) is 11.6 Å². The van der Waals surface area contributed by atoms with E-state index in [9.17, 15) is 4.79 Å². The van der Waals surface area contributed by atoms with Crippen LogP contribution < -0.4 is 5.32 Å². The highest BCUT2D eigenvalue weighted by Gasteiger charge is 2.17. The molecule has 8 heteroatoms. The third kappa shape index (κ3) is 3.38. The van der Waals surface area contributed by atoms with Crippen molar-refractivity contribution in [2.24, 2.45) is 0 Å². The number of nitrogens with zero attached hydrogens (tertiary/aromatic N) is 3. The fourth-order valence-electron chi connectivity index (χ4n) is 3.31. The summed E-state index contributed by atoms with van der Waals surface area (Å²) in [6, 6.07) is 17.4. The molecule has 30 heavy (non-hydrogen) atoms. The zero-order valence-corrected chi connectivity index (χ0v) is 17.2. The van der Waals surface area contributed by atoms with Crippen LogP contribution in [0.5, 0.6) is 0 Å². The summed E-state index contributed by atoms with van der Waals surface area (Å²) in [6.45, 7) is 0.364. The van der Waals surface area contributed by atoms with E-state index < -0.39 is 0 Å². The Bertz CT molecular complexity index is 1340. The van der Waals surface area contributed by atoms with Crippen molar-refractivity contribution in [2.45, 2.75) is 6.54 Å². The molecule has 3 heterocycles. The van der Waals surface area contributed by atoms with Gasteiger partial charge in [0.2, 0.25) is 0 Å².